The molecule has 0 N–H and O–H groups in total. The first-order valence-electron chi connectivity index (χ1n) is 5.54. The van der Waals surface area contributed by atoms with Crippen molar-refractivity contribution in [1.82, 2.24) is 9.55 Å². The molecule has 0 fully saturated rings. The Kier molecular flexibility index (Phi) is 4.42. The molecule has 2 aromatic rings. The van der Waals surface area contributed by atoms with Gasteiger partial charge in [-0.25, -0.2) is 4.98 Å². The second-order valence-electron chi connectivity index (χ2n) is 3.90. The van der Waals surface area contributed by atoms with Crippen LogP contribution in [0.25, 0.3) is 0 Å². The monoisotopic (exact) mass is 353 g/mol. The van der Waals surface area contributed by atoms with Crippen molar-refractivity contribution in [2.75, 3.05) is 7.11 Å². The molecule has 0 aliphatic rings. The minimum absolute atomic E-state index is 0.0414. The van der Waals surface area contributed by atoms with Crippen LogP contribution in [0.15, 0.2) is 33.7 Å². The molecular weight excluding hydrogens is 346 g/mol. The predicted octanol–water partition coefficient (Wildman–Crippen LogP) is 2.59. The lowest BCUT2D eigenvalue weighted by Crippen LogP contribution is -2.23. The van der Waals surface area contributed by atoms with Gasteiger partial charge in [0.25, 0.3) is 5.56 Å². The summed E-state index contributed by atoms with van der Waals surface area (Å²) in [6.07, 6.45) is 1.27. The summed E-state index contributed by atoms with van der Waals surface area (Å²) in [5.41, 5.74) is 0.747. The third kappa shape index (κ3) is 2.84. The average Bonchev–Trinajstić information content (AvgIpc) is 2.44. The van der Waals surface area contributed by atoms with Crippen molar-refractivity contribution in [2.45, 2.75) is 6.54 Å². The highest BCUT2D eigenvalue weighted by atomic mass is 79.9. The number of rotatable bonds is 3. The van der Waals surface area contributed by atoms with Crippen LogP contribution in [-0.4, -0.2) is 16.7 Å². The number of aromatic nitrogens is 2. The van der Waals surface area contributed by atoms with Crippen LogP contribution in [0, 0.1) is 11.3 Å². The summed E-state index contributed by atoms with van der Waals surface area (Å²) in [5.74, 6) is 0.0999. The first kappa shape index (κ1) is 14.6. The molecule has 0 atom stereocenters. The smallest absolute Gasteiger partial charge is 0.297 e. The molecule has 0 radical (unpaired) electrons. The summed E-state index contributed by atoms with van der Waals surface area (Å²) < 4.78 is 6.99. The number of halogens is 2. The van der Waals surface area contributed by atoms with Gasteiger partial charge in [0.1, 0.15) is 0 Å². The van der Waals surface area contributed by atoms with Crippen molar-refractivity contribution in [2.24, 2.45) is 0 Å². The SMILES string of the molecule is COc1cnc(Cl)n(Cc2cc(Br)ccc2C#N)c1=O. The van der Waals surface area contributed by atoms with E-state index in [0.717, 1.165) is 4.47 Å². The van der Waals surface area contributed by atoms with E-state index in [-0.39, 0.29) is 17.6 Å². The molecule has 0 bridgehead atoms. The molecule has 2 rings (SSSR count). The predicted molar refractivity (Wildman–Crippen MR) is 78.0 cm³/mol. The lowest BCUT2D eigenvalue weighted by Gasteiger charge is -2.10. The van der Waals surface area contributed by atoms with Crippen LogP contribution in [0.4, 0.5) is 0 Å². The summed E-state index contributed by atoms with van der Waals surface area (Å²) in [7, 11) is 1.39. The van der Waals surface area contributed by atoms with Gasteiger partial charge in [0, 0.05) is 4.47 Å². The van der Waals surface area contributed by atoms with Gasteiger partial charge in [-0.2, -0.15) is 5.26 Å². The second kappa shape index (κ2) is 6.07. The zero-order valence-electron chi connectivity index (χ0n) is 10.4. The van der Waals surface area contributed by atoms with Crippen LogP contribution < -0.4 is 10.3 Å². The molecule has 1 heterocycles. The Morgan fingerprint density at radius 1 is 1.55 bits per heavy atom. The lowest BCUT2D eigenvalue weighted by atomic mass is 10.1. The molecule has 7 heteroatoms. The third-order valence-electron chi connectivity index (χ3n) is 2.70. The van der Waals surface area contributed by atoms with Crippen molar-refractivity contribution in [1.29, 1.82) is 5.26 Å². The molecule has 1 aromatic heterocycles. The quantitative estimate of drug-likeness (QED) is 0.795. The molecule has 0 unspecified atom stereocenters. The highest BCUT2D eigenvalue weighted by molar-refractivity contribution is 9.10. The van der Waals surface area contributed by atoms with Crippen LogP contribution >= 0.6 is 27.5 Å². The Morgan fingerprint density at radius 2 is 2.30 bits per heavy atom. The van der Waals surface area contributed by atoms with Crippen LogP contribution in [0.1, 0.15) is 11.1 Å². The molecule has 0 aliphatic heterocycles. The second-order valence-corrected chi connectivity index (χ2v) is 5.15. The van der Waals surface area contributed by atoms with Crippen molar-refractivity contribution >= 4 is 27.5 Å². The zero-order valence-corrected chi connectivity index (χ0v) is 12.8. The zero-order chi connectivity index (χ0) is 14.7. The first-order chi connectivity index (χ1) is 9.56. The van der Waals surface area contributed by atoms with Crippen LogP contribution in [0.5, 0.6) is 5.75 Å². The fraction of sp³-hybridized carbons (Fsp3) is 0.154. The molecule has 0 amide bonds. The molecule has 0 saturated carbocycles. The lowest BCUT2D eigenvalue weighted by molar-refractivity contribution is 0.400. The largest absolute Gasteiger partial charge is 0.490 e. The molecule has 0 aliphatic carbocycles. The van der Waals surface area contributed by atoms with Crippen molar-refractivity contribution < 1.29 is 4.74 Å². The Bertz CT molecular complexity index is 752. The van der Waals surface area contributed by atoms with Crippen molar-refractivity contribution in [3.63, 3.8) is 0 Å². The average molecular weight is 355 g/mol. The maximum atomic E-state index is 12.1. The van der Waals surface area contributed by atoms with Gasteiger partial charge in [0.15, 0.2) is 0 Å². The third-order valence-corrected chi connectivity index (χ3v) is 3.50. The summed E-state index contributed by atoms with van der Waals surface area (Å²) >= 11 is 9.28. The van der Waals surface area contributed by atoms with E-state index in [1.54, 1.807) is 18.2 Å². The minimum atomic E-state index is -0.392. The van der Waals surface area contributed by atoms with E-state index in [1.165, 1.54) is 17.9 Å². The number of hydrogen-bond acceptors (Lipinski definition) is 4. The van der Waals surface area contributed by atoms with E-state index in [0.29, 0.717) is 11.1 Å². The van der Waals surface area contributed by atoms with Crippen molar-refractivity contribution in [3.8, 4) is 11.8 Å². The Morgan fingerprint density at radius 3 is 2.95 bits per heavy atom. The number of methoxy groups -OCH3 is 1. The van der Waals surface area contributed by atoms with Crippen LogP contribution in [0.3, 0.4) is 0 Å². The fourth-order valence-corrected chi connectivity index (χ4v) is 2.30. The molecule has 1 aromatic carbocycles. The molecule has 5 nitrogen and oxygen atoms in total. The van der Waals surface area contributed by atoms with Gasteiger partial charge >= 0.3 is 0 Å². The number of hydrogen-bond donors (Lipinski definition) is 0. The molecule has 20 heavy (non-hydrogen) atoms. The summed E-state index contributed by atoms with van der Waals surface area (Å²) in [4.78, 5) is 16.0. The highest BCUT2D eigenvalue weighted by Gasteiger charge is 2.12. The van der Waals surface area contributed by atoms with Crippen LogP contribution in [0.2, 0.25) is 5.28 Å². The number of ether oxygens (including phenoxy) is 1. The summed E-state index contributed by atoms with van der Waals surface area (Å²) in [5, 5.41) is 9.14. The van der Waals surface area contributed by atoms with E-state index >= 15 is 0 Å². The van der Waals surface area contributed by atoms with E-state index in [4.69, 9.17) is 21.6 Å². The van der Waals surface area contributed by atoms with Crippen molar-refractivity contribution in [3.05, 3.63) is 55.6 Å². The van der Waals surface area contributed by atoms with E-state index in [9.17, 15) is 4.79 Å². The molecule has 0 saturated heterocycles. The van der Waals surface area contributed by atoms with Gasteiger partial charge in [-0.1, -0.05) is 15.9 Å². The Balaban J connectivity index is 2.53. The molecule has 0 spiro atoms. The van der Waals surface area contributed by atoms with Gasteiger partial charge in [0.2, 0.25) is 11.0 Å². The topological polar surface area (TPSA) is 67.9 Å². The van der Waals surface area contributed by atoms with E-state index < -0.39 is 5.56 Å². The van der Waals surface area contributed by atoms with E-state index in [2.05, 4.69) is 27.0 Å². The normalized spacial score (nSPS) is 10.1. The molecule has 102 valence electrons. The number of nitriles is 1. The highest BCUT2D eigenvalue weighted by Crippen LogP contribution is 2.18. The minimum Gasteiger partial charge on any atom is -0.490 e. The summed E-state index contributed by atoms with van der Waals surface area (Å²) in [6, 6.07) is 7.28. The van der Waals surface area contributed by atoms with Gasteiger partial charge < -0.3 is 4.74 Å². The van der Waals surface area contributed by atoms with Gasteiger partial charge in [-0.3, -0.25) is 9.36 Å². The number of benzene rings is 1. The maximum Gasteiger partial charge on any atom is 0.297 e. The van der Waals surface area contributed by atoms with Crippen LogP contribution in [-0.2, 0) is 6.54 Å². The summed E-state index contributed by atoms with van der Waals surface area (Å²) in [6.45, 7) is 0.143. The standard InChI is InChI=1S/C13H9BrClN3O2/c1-20-11-6-17-13(15)18(12(11)19)7-9-4-10(14)3-2-8(9)5-16/h2-4,6H,7H2,1H3. The maximum absolute atomic E-state index is 12.1. The van der Waals surface area contributed by atoms with E-state index in [1.807, 2.05) is 0 Å². The molecular formula is C13H9BrClN3O2. The van der Waals surface area contributed by atoms with Gasteiger partial charge in [0.05, 0.1) is 31.5 Å². The fourth-order valence-electron chi connectivity index (χ4n) is 1.70. The van der Waals surface area contributed by atoms with Gasteiger partial charge in [-0.05, 0) is 35.4 Å². The Labute approximate surface area is 128 Å². The number of nitrogens with zero attached hydrogens (tertiary/aromatic N) is 3. The van der Waals surface area contributed by atoms with Gasteiger partial charge in [-0.15, -0.1) is 0 Å². The Hall–Kier alpha value is -1.84. The first-order valence-corrected chi connectivity index (χ1v) is 6.71.